The fourth-order valence-corrected chi connectivity index (χ4v) is 1.52. The minimum absolute atomic E-state index is 0.245. The van der Waals surface area contributed by atoms with Gasteiger partial charge in [0, 0.05) is 11.9 Å². The third kappa shape index (κ3) is 1.89. The quantitative estimate of drug-likeness (QED) is 0.812. The highest BCUT2D eigenvalue weighted by atomic mass is 19.1. The topological polar surface area (TPSA) is 43.8 Å². The summed E-state index contributed by atoms with van der Waals surface area (Å²) in [6.45, 7) is 2.27. The molecule has 0 aliphatic rings. The average molecular weight is 205 g/mol. The van der Waals surface area contributed by atoms with Crippen molar-refractivity contribution in [2.24, 2.45) is 5.73 Å². The second-order valence-electron chi connectivity index (χ2n) is 3.35. The maximum absolute atomic E-state index is 12.7. The second kappa shape index (κ2) is 3.82. The normalized spacial score (nSPS) is 10.6. The number of nitrogens with zero attached hydrogens (tertiary/aromatic N) is 2. The lowest BCUT2D eigenvalue weighted by Gasteiger charge is -2.05. The van der Waals surface area contributed by atoms with E-state index < -0.39 is 0 Å². The summed E-state index contributed by atoms with van der Waals surface area (Å²) in [5.74, 6) is 0.531. The Kier molecular flexibility index (Phi) is 2.51. The fourth-order valence-electron chi connectivity index (χ4n) is 1.52. The minimum Gasteiger partial charge on any atom is -0.324 e. The van der Waals surface area contributed by atoms with Gasteiger partial charge in [-0.1, -0.05) is 0 Å². The number of hydrogen-bond acceptors (Lipinski definition) is 2. The highest BCUT2D eigenvalue weighted by molar-refractivity contribution is 5.34. The van der Waals surface area contributed by atoms with Crippen molar-refractivity contribution in [1.29, 1.82) is 0 Å². The molecule has 2 rings (SSSR count). The summed E-state index contributed by atoms with van der Waals surface area (Å²) in [6, 6.07) is 6.25. The molecule has 0 radical (unpaired) electrons. The molecule has 4 heteroatoms. The van der Waals surface area contributed by atoms with Crippen LogP contribution in [0.2, 0.25) is 0 Å². The SMILES string of the molecule is Cc1cn(-c2ccc(F)cc2)c(CN)n1. The van der Waals surface area contributed by atoms with E-state index in [1.165, 1.54) is 12.1 Å². The molecule has 2 aromatic rings. The first-order valence-corrected chi connectivity index (χ1v) is 4.71. The van der Waals surface area contributed by atoms with Crippen LogP contribution < -0.4 is 5.73 Å². The van der Waals surface area contributed by atoms with Crippen LogP contribution in [0.15, 0.2) is 30.5 Å². The van der Waals surface area contributed by atoms with Crippen LogP contribution in [-0.2, 0) is 6.54 Å². The molecule has 0 amide bonds. The van der Waals surface area contributed by atoms with E-state index in [0.29, 0.717) is 6.54 Å². The van der Waals surface area contributed by atoms with Gasteiger partial charge in [0.25, 0.3) is 0 Å². The molecule has 0 fully saturated rings. The first-order chi connectivity index (χ1) is 7.20. The largest absolute Gasteiger partial charge is 0.324 e. The summed E-state index contributed by atoms with van der Waals surface area (Å²) >= 11 is 0. The van der Waals surface area contributed by atoms with Gasteiger partial charge in [-0.15, -0.1) is 0 Å². The van der Waals surface area contributed by atoms with Crippen LogP contribution in [0.5, 0.6) is 0 Å². The van der Waals surface area contributed by atoms with E-state index in [1.807, 2.05) is 17.7 Å². The zero-order valence-corrected chi connectivity index (χ0v) is 8.44. The molecule has 1 aromatic heterocycles. The number of imidazole rings is 1. The summed E-state index contributed by atoms with van der Waals surface area (Å²) in [6.07, 6.45) is 1.88. The van der Waals surface area contributed by atoms with Crippen LogP contribution in [-0.4, -0.2) is 9.55 Å². The highest BCUT2D eigenvalue weighted by Crippen LogP contribution is 2.12. The van der Waals surface area contributed by atoms with Crippen molar-refractivity contribution >= 4 is 0 Å². The van der Waals surface area contributed by atoms with Gasteiger partial charge in [0.1, 0.15) is 11.6 Å². The molecule has 1 aromatic carbocycles. The van der Waals surface area contributed by atoms with Crippen molar-refractivity contribution in [1.82, 2.24) is 9.55 Å². The molecule has 0 aliphatic carbocycles. The molecule has 0 unspecified atom stereocenters. The lowest BCUT2D eigenvalue weighted by molar-refractivity contribution is 0.627. The smallest absolute Gasteiger partial charge is 0.127 e. The van der Waals surface area contributed by atoms with Gasteiger partial charge in [0.05, 0.1) is 12.2 Å². The van der Waals surface area contributed by atoms with Crippen LogP contribution in [0.25, 0.3) is 5.69 Å². The first kappa shape index (κ1) is 9.86. The van der Waals surface area contributed by atoms with Crippen LogP contribution in [0.1, 0.15) is 11.5 Å². The van der Waals surface area contributed by atoms with E-state index >= 15 is 0 Å². The molecule has 0 aliphatic heterocycles. The predicted molar refractivity (Wildman–Crippen MR) is 56.2 cm³/mol. The number of nitrogens with two attached hydrogens (primary N) is 1. The average Bonchev–Trinajstić information content (AvgIpc) is 2.61. The third-order valence-electron chi connectivity index (χ3n) is 2.19. The summed E-state index contributed by atoms with van der Waals surface area (Å²) in [5.41, 5.74) is 7.35. The van der Waals surface area contributed by atoms with Gasteiger partial charge in [-0.05, 0) is 31.2 Å². The molecule has 15 heavy (non-hydrogen) atoms. The number of aromatic nitrogens is 2. The van der Waals surface area contributed by atoms with Gasteiger partial charge in [-0.3, -0.25) is 0 Å². The van der Waals surface area contributed by atoms with Gasteiger partial charge in [0.15, 0.2) is 0 Å². The van der Waals surface area contributed by atoms with E-state index in [4.69, 9.17) is 5.73 Å². The fraction of sp³-hybridized carbons (Fsp3) is 0.182. The number of rotatable bonds is 2. The maximum Gasteiger partial charge on any atom is 0.127 e. The Hall–Kier alpha value is -1.68. The Morgan fingerprint density at radius 1 is 1.33 bits per heavy atom. The van der Waals surface area contributed by atoms with Crippen molar-refractivity contribution < 1.29 is 4.39 Å². The molecule has 0 saturated heterocycles. The Labute approximate surface area is 87.4 Å². The van der Waals surface area contributed by atoms with E-state index in [2.05, 4.69) is 4.98 Å². The van der Waals surface area contributed by atoms with Crippen LogP contribution in [0.4, 0.5) is 4.39 Å². The first-order valence-electron chi connectivity index (χ1n) is 4.71. The van der Waals surface area contributed by atoms with Crippen molar-refractivity contribution in [3.05, 3.63) is 47.8 Å². The molecule has 78 valence electrons. The molecule has 0 bridgehead atoms. The molecular weight excluding hydrogens is 193 g/mol. The van der Waals surface area contributed by atoms with Gasteiger partial charge in [-0.2, -0.15) is 0 Å². The second-order valence-corrected chi connectivity index (χ2v) is 3.35. The number of halogens is 1. The van der Waals surface area contributed by atoms with Crippen LogP contribution >= 0.6 is 0 Å². The van der Waals surface area contributed by atoms with E-state index in [-0.39, 0.29) is 5.82 Å². The van der Waals surface area contributed by atoms with E-state index in [9.17, 15) is 4.39 Å². The highest BCUT2D eigenvalue weighted by Gasteiger charge is 2.05. The lowest BCUT2D eigenvalue weighted by Crippen LogP contribution is -2.06. The molecular formula is C11H12FN3. The number of hydrogen-bond donors (Lipinski definition) is 1. The Balaban J connectivity index is 2.48. The van der Waals surface area contributed by atoms with Crippen molar-refractivity contribution in [2.75, 3.05) is 0 Å². The van der Waals surface area contributed by atoms with Gasteiger partial charge >= 0.3 is 0 Å². The van der Waals surface area contributed by atoms with Crippen molar-refractivity contribution in [3.63, 3.8) is 0 Å². The van der Waals surface area contributed by atoms with Gasteiger partial charge in [-0.25, -0.2) is 9.37 Å². The predicted octanol–water partition coefficient (Wildman–Crippen LogP) is 1.78. The molecule has 3 nitrogen and oxygen atoms in total. The van der Waals surface area contributed by atoms with E-state index in [0.717, 1.165) is 17.2 Å². The monoisotopic (exact) mass is 205 g/mol. The third-order valence-corrected chi connectivity index (χ3v) is 2.19. The molecule has 0 atom stereocenters. The Morgan fingerprint density at radius 3 is 2.60 bits per heavy atom. The minimum atomic E-state index is -0.245. The van der Waals surface area contributed by atoms with Crippen molar-refractivity contribution in [2.45, 2.75) is 13.5 Å². The number of aryl methyl sites for hydroxylation is 1. The summed E-state index contributed by atoms with van der Waals surface area (Å²) in [4.78, 5) is 4.27. The standard InChI is InChI=1S/C11H12FN3/c1-8-7-15(11(6-13)14-8)10-4-2-9(12)3-5-10/h2-5,7H,6,13H2,1H3. The Bertz CT molecular complexity index is 459. The van der Waals surface area contributed by atoms with Crippen LogP contribution in [0.3, 0.4) is 0 Å². The zero-order chi connectivity index (χ0) is 10.8. The van der Waals surface area contributed by atoms with Gasteiger partial charge < -0.3 is 10.3 Å². The molecule has 1 heterocycles. The van der Waals surface area contributed by atoms with Gasteiger partial charge in [0.2, 0.25) is 0 Å². The van der Waals surface area contributed by atoms with Crippen LogP contribution in [0, 0.1) is 12.7 Å². The zero-order valence-electron chi connectivity index (χ0n) is 8.44. The molecule has 2 N–H and O–H groups in total. The number of benzene rings is 1. The Morgan fingerprint density at radius 2 is 2.00 bits per heavy atom. The molecule has 0 spiro atoms. The summed E-state index contributed by atoms with van der Waals surface area (Å²) < 4.78 is 14.6. The van der Waals surface area contributed by atoms with Crippen molar-refractivity contribution in [3.8, 4) is 5.69 Å². The summed E-state index contributed by atoms with van der Waals surface area (Å²) in [7, 11) is 0. The van der Waals surface area contributed by atoms with E-state index in [1.54, 1.807) is 12.1 Å². The summed E-state index contributed by atoms with van der Waals surface area (Å²) in [5, 5.41) is 0. The lowest BCUT2D eigenvalue weighted by atomic mass is 10.3. The molecule has 0 saturated carbocycles. The maximum atomic E-state index is 12.7.